The SMILES string of the molecule is Cc1noc(C)c1CCC(=O)NC[C@@](O)(c1ccoc1)c1ccco1. The molecule has 0 saturated carbocycles. The van der Waals surface area contributed by atoms with Crippen LogP contribution in [0.15, 0.2) is 50.3 Å². The van der Waals surface area contributed by atoms with Crippen LogP contribution in [0.5, 0.6) is 0 Å². The summed E-state index contributed by atoms with van der Waals surface area (Å²) < 4.78 is 15.5. The first-order valence-corrected chi connectivity index (χ1v) is 7.98. The van der Waals surface area contributed by atoms with Crippen molar-refractivity contribution in [3.63, 3.8) is 0 Å². The highest BCUT2D eigenvalue weighted by Gasteiger charge is 2.36. The Balaban J connectivity index is 1.65. The summed E-state index contributed by atoms with van der Waals surface area (Å²) in [6, 6.07) is 4.97. The third-order valence-electron chi connectivity index (χ3n) is 4.25. The minimum atomic E-state index is -1.49. The molecule has 0 fully saturated rings. The van der Waals surface area contributed by atoms with Crippen LogP contribution >= 0.6 is 0 Å². The Labute approximate surface area is 144 Å². The van der Waals surface area contributed by atoms with Gasteiger partial charge in [-0.25, -0.2) is 0 Å². The van der Waals surface area contributed by atoms with E-state index in [2.05, 4.69) is 10.5 Å². The van der Waals surface area contributed by atoms with Crippen LogP contribution in [0, 0.1) is 13.8 Å². The zero-order chi connectivity index (χ0) is 17.9. The lowest BCUT2D eigenvalue weighted by Crippen LogP contribution is -2.41. The Morgan fingerprint density at radius 2 is 2.16 bits per heavy atom. The van der Waals surface area contributed by atoms with E-state index in [-0.39, 0.29) is 18.9 Å². The first-order valence-electron chi connectivity index (χ1n) is 7.98. The molecule has 7 nitrogen and oxygen atoms in total. The maximum atomic E-state index is 12.2. The van der Waals surface area contributed by atoms with Crippen molar-refractivity contribution < 1.29 is 23.3 Å². The molecule has 1 amide bonds. The van der Waals surface area contributed by atoms with E-state index in [4.69, 9.17) is 13.4 Å². The van der Waals surface area contributed by atoms with Gasteiger partial charge in [0, 0.05) is 17.5 Å². The molecule has 7 heteroatoms. The lowest BCUT2D eigenvalue weighted by atomic mass is 9.93. The summed E-state index contributed by atoms with van der Waals surface area (Å²) in [4.78, 5) is 12.2. The van der Waals surface area contributed by atoms with Crippen molar-refractivity contribution in [1.29, 1.82) is 0 Å². The van der Waals surface area contributed by atoms with Gasteiger partial charge in [0.25, 0.3) is 0 Å². The molecule has 1 atom stereocenters. The van der Waals surface area contributed by atoms with Crippen molar-refractivity contribution in [1.82, 2.24) is 10.5 Å². The Bertz CT molecular complexity index is 764. The molecule has 3 aromatic heterocycles. The van der Waals surface area contributed by atoms with E-state index < -0.39 is 5.60 Å². The first-order chi connectivity index (χ1) is 12.0. The normalized spacial score (nSPS) is 13.6. The first kappa shape index (κ1) is 17.0. The van der Waals surface area contributed by atoms with Crippen LogP contribution in [0.2, 0.25) is 0 Å². The highest BCUT2D eigenvalue weighted by molar-refractivity contribution is 5.76. The second-order valence-electron chi connectivity index (χ2n) is 5.93. The maximum Gasteiger partial charge on any atom is 0.220 e. The van der Waals surface area contributed by atoms with Crippen LogP contribution in [0.4, 0.5) is 0 Å². The van der Waals surface area contributed by atoms with Crippen LogP contribution in [0.1, 0.15) is 34.8 Å². The summed E-state index contributed by atoms with van der Waals surface area (Å²) in [7, 11) is 0. The number of nitrogens with zero attached hydrogens (tertiary/aromatic N) is 1. The predicted octanol–water partition coefficient (Wildman–Crippen LogP) is 2.46. The van der Waals surface area contributed by atoms with Gasteiger partial charge in [-0.05, 0) is 38.5 Å². The second kappa shape index (κ2) is 6.98. The van der Waals surface area contributed by atoms with E-state index in [9.17, 15) is 9.90 Å². The molecule has 3 heterocycles. The van der Waals surface area contributed by atoms with Crippen LogP contribution in [-0.4, -0.2) is 22.7 Å². The van der Waals surface area contributed by atoms with Crippen molar-refractivity contribution in [2.45, 2.75) is 32.3 Å². The highest BCUT2D eigenvalue weighted by atomic mass is 16.5. The number of hydrogen-bond donors (Lipinski definition) is 2. The fourth-order valence-corrected chi connectivity index (χ4v) is 2.76. The molecule has 0 spiro atoms. The average molecular weight is 344 g/mol. The van der Waals surface area contributed by atoms with Crippen LogP contribution in [0.3, 0.4) is 0 Å². The molecule has 0 saturated heterocycles. The summed E-state index contributed by atoms with van der Waals surface area (Å²) in [5.74, 6) is 0.865. The molecular formula is C18H20N2O5. The van der Waals surface area contributed by atoms with Crippen molar-refractivity contribution in [3.05, 3.63) is 65.3 Å². The maximum absolute atomic E-state index is 12.2. The van der Waals surface area contributed by atoms with E-state index in [1.807, 2.05) is 13.8 Å². The van der Waals surface area contributed by atoms with Crippen molar-refractivity contribution >= 4 is 5.91 Å². The molecule has 0 aromatic carbocycles. The third-order valence-corrected chi connectivity index (χ3v) is 4.25. The zero-order valence-corrected chi connectivity index (χ0v) is 14.1. The number of rotatable bonds is 7. The summed E-state index contributed by atoms with van der Waals surface area (Å²) in [5.41, 5.74) is 0.741. The van der Waals surface area contributed by atoms with E-state index in [1.165, 1.54) is 18.8 Å². The Hall–Kier alpha value is -2.80. The largest absolute Gasteiger partial charge is 0.472 e. The molecule has 2 N–H and O–H groups in total. The monoisotopic (exact) mass is 344 g/mol. The molecule has 3 rings (SSSR count). The number of carbonyl (C=O) groups excluding carboxylic acids is 1. The number of furan rings is 2. The van der Waals surface area contributed by atoms with Gasteiger partial charge >= 0.3 is 0 Å². The van der Waals surface area contributed by atoms with E-state index in [0.717, 1.165) is 17.0 Å². The molecule has 0 aliphatic carbocycles. The number of nitrogens with one attached hydrogen (secondary N) is 1. The highest BCUT2D eigenvalue weighted by Crippen LogP contribution is 2.29. The van der Waals surface area contributed by atoms with Gasteiger partial charge in [0.1, 0.15) is 11.5 Å². The Morgan fingerprint density at radius 1 is 1.32 bits per heavy atom. The summed E-state index contributed by atoms with van der Waals surface area (Å²) >= 11 is 0. The molecule has 132 valence electrons. The minimum Gasteiger partial charge on any atom is -0.472 e. The number of aliphatic hydroxyl groups is 1. The number of amides is 1. The number of aryl methyl sites for hydroxylation is 2. The van der Waals surface area contributed by atoms with Crippen molar-refractivity contribution in [3.8, 4) is 0 Å². The minimum absolute atomic E-state index is 0.0273. The standard InChI is InChI=1S/C18H20N2O5/c1-12-15(13(2)25-20-12)5-6-17(21)19-11-18(22,14-7-9-23-10-14)16-4-3-8-24-16/h3-4,7-10,22H,5-6,11H2,1-2H3,(H,19,21)/t18-/m1/s1. The van der Waals surface area contributed by atoms with E-state index >= 15 is 0 Å². The predicted molar refractivity (Wildman–Crippen MR) is 87.7 cm³/mol. The van der Waals surface area contributed by atoms with Crippen molar-refractivity contribution in [2.75, 3.05) is 6.54 Å². The van der Waals surface area contributed by atoms with Gasteiger partial charge in [0.05, 0.1) is 31.0 Å². The van der Waals surface area contributed by atoms with Gasteiger partial charge in [0.15, 0.2) is 5.60 Å². The van der Waals surface area contributed by atoms with Gasteiger partial charge < -0.3 is 23.8 Å². The Kier molecular flexibility index (Phi) is 4.76. The fourth-order valence-electron chi connectivity index (χ4n) is 2.76. The number of hydrogen-bond acceptors (Lipinski definition) is 6. The summed E-state index contributed by atoms with van der Waals surface area (Å²) in [6.45, 7) is 3.64. The van der Waals surface area contributed by atoms with Gasteiger partial charge in [-0.2, -0.15) is 0 Å². The molecular weight excluding hydrogens is 324 g/mol. The molecule has 0 bridgehead atoms. The quantitative estimate of drug-likeness (QED) is 0.683. The molecule has 0 aliphatic rings. The zero-order valence-electron chi connectivity index (χ0n) is 14.1. The van der Waals surface area contributed by atoms with E-state index in [0.29, 0.717) is 17.7 Å². The molecule has 25 heavy (non-hydrogen) atoms. The number of carbonyl (C=O) groups is 1. The van der Waals surface area contributed by atoms with Crippen LogP contribution in [-0.2, 0) is 16.8 Å². The smallest absolute Gasteiger partial charge is 0.220 e. The van der Waals surface area contributed by atoms with Crippen molar-refractivity contribution in [2.24, 2.45) is 0 Å². The molecule has 3 aromatic rings. The molecule has 0 unspecified atom stereocenters. The van der Waals surface area contributed by atoms with Gasteiger partial charge in [0.2, 0.25) is 5.91 Å². The Morgan fingerprint density at radius 3 is 2.76 bits per heavy atom. The van der Waals surface area contributed by atoms with Crippen LogP contribution < -0.4 is 5.32 Å². The lowest BCUT2D eigenvalue weighted by Gasteiger charge is -2.25. The van der Waals surface area contributed by atoms with Gasteiger partial charge in [-0.1, -0.05) is 5.16 Å². The topological polar surface area (TPSA) is 102 Å². The van der Waals surface area contributed by atoms with E-state index in [1.54, 1.807) is 18.2 Å². The van der Waals surface area contributed by atoms with Gasteiger partial charge in [-0.3, -0.25) is 4.79 Å². The van der Waals surface area contributed by atoms with Gasteiger partial charge in [-0.15, -0.1) is 0 Å². The third kappa shape index (κ3) is 3.51. The molecule has 0 radical (unpaired) electrons. The average Bonchev–Trinajstić information content (AvgIpc) is 3.35. The second-order valence-corrected chi connectivity index (χ2v) is 5.93. The van der Waals surface area contributed by atoms with Crippen LogP contribution in [0.25, 0.3) is 0 Å². The summed E-state index contributed by atoms with van der Waals surface area (Å²) in [5, 5.41) is 17.7. The number of aromatic nitrogens is 1. The fraction of sp³-hybridized carbons (Fsp3) is 0.333. The lowest BCUT2D eigenvalue weighted by molar-refractivity contribution is -0.122. The summed E-state index contributed by atoms with van der Waals surface area (Å²) in [6.07, 6.45) is 5.15. The molecule has 0 aliphatic heterocycles.